The van der Waals surface area contributed by atoms with Gasteiger partial charge in [-0.3, -0.25) is 0 Å². The van der Waals surface area contributed by atoms with E-state index in [9.17, 15) is 9.59 Å². The molecule has 1 aromatic heterocycles. The number of carbonyl (C=O) groups is 2. The predicted octanol–water partition coefficient (Wildman–Crippen LogP) is 1.94. The molecule has 1 aliphatic rings. The minimum atomic E-state index is -1.04. The molecule has 116 valence electrons. The van der Waals surface area contributed by atoms with E-state index < -0.39 is 12.1 Å². The highest BCUT2D eigenvalue weighted by Gasteiger charge is 2.30. The summed E-state index contributed by atoms with van der Waals surface area (Å²) in [7, 11) is 0. The second-order valence-electron chi connectivity index (χ2n) is 5.33. The van der Waals surface area contributed by atoms with Gasteiger partial charge in [-0.15, -0.1) is 11.3 Å². The van der Waals surface area contributed by atoms with Crippen LogP contribution in [-0.4, -0.2) is 47.8 Å². The fourth-order valence-corrected chi connectivity index (χ4v) is 3.19. The molecule has 2 rings (SSSR count). The molecule has 0 spiro atoms. The van der Waals surface area contributed by atoms with Crippen LogP contribution in [0.5, 0.6) is 0 Å². The van der Waals surface area contributed by atoms with E-state index in [0.717, 1.165) is 4.88 Å². The van der Waals surface area contributed by atoms with Crippen molar-refractivity contribution >= 4 is 23.3 Å². The number of nitrogens with one attached hydrogen (secondary N) is 1. The van der Waals surface area contributed by atoms with Crippen molar-refractivity contribution in [2.45, 2.75) is 26.0 Å². The average molecular weight is 312 g/mol. The fourth-order valence-electron chi connectivity index (χ4n) is 2.24. The number of amides is 2. The molecule has 2 unspecified atom stereocenters. The number of rotatable bonds is 4. The van der Waals surface area contributed by atoms with Crippen LogP contribution < -0.4 is 5.32 Å². The Kier molecular flexibility index (Phi) is 5.19. The molecule has 0 radical (unpaired) electrons. The van der Waals surface area contributed by atoms with Crippen molar-refractivity contribution in [3.8, 4) is 0 Å². The number of carboxylic acids is 1. The summed E-state index contributed by atoms with van der Waals surface area (Å²) in [5, 5.41) is 14.0. The van der Waals surface area contributed by atoms with Crippen LogP contribution in [0.4, 0.5) is 4.79 Å². The zero-order valence-electron chi connectivity index (χ0n) is 12.1. The van der Waals surface area contributed by atoms with Crippen LogP contribution in [0.1, 0.15) is 24.8 Å². The molecule has 1 aromatic rings. The number of urea groups is 1. The molecular formula is C14H20N2O4S. The lowest BCUT2D eigenvalue weighted by molar-refractivity contribution is -0.154. The van der Waals surface area contributed by atoms with Crippen molar-refractivity contribution in [3.63, 3.8) is 0 Å². The second-order valence-corrected chi connectivity index (χ2v) is 6.31. The van der Waals surface area contributed by atoms with Crippen molar-refractivity contribution in [3.05, 3.63) is 22.4 Å². The molecule has 1 fully saturated rings. The maximum absolute atomic E-state index is 12.3. The van der Waals surface area contributed by atoms with Gasteiger partial charge in [-0.25, -0.2) is 9.59 Å². The number of aliphatic carboxylic acids is 1. The lowest BCUT2D eigenvalue weighted by Gasteiger charge is -2.33. The number of hydrogen-bond donors (Lipinski definition) is 2. The van der Waals surface area contributed by atoms with Gasteiger partial charge in [-0.2, -0.15) is 0 Å². The zero-order valence-corrected chi connectivity index (χ0v) is 12.9. The molecule has 21 heavy (non-hydrogen) atoms. The van der Waals surface area contributed by atoms with E-state index in [1.165, 1.54) is 4.90 Å². The van der Waals surface area contributed by atoms with Crippen LogP contribution in [0, 0.1) is 5.92 Å². The summed E-state index contributed by atoms with van der Waals surface area (Å²) in [6, 6.07) is 3.64. The van der Waals surface area contributed by atoms with Gasteiger partial charge in [0.15, 0.2) is 6.10 Å². The Bertz CT molecular complexity index is 489. The number of ether oxygens (including phenoxy) is 1. The van der Waals surface area contributed by atoms with E-state index >= 15 is 0 Å². The third-order valence-electron chi connectivity index (χ3n) is 3.42. The van der Waals surface area contributed by atoms with Crippen molar-refractivity contribution in [2.24, 2.45) is 5.92 Å². The van der Waals surface area contributed by atoms with Crippen molar-refractivity contribution in [1.82, 2.24) is 10.2 Å². The van der Waals surface area contributed by atoms with Gasteiger partial charge in [0.25, 0.3) is 0 Å². The molecule has 0 aliphatic carbocycles. The maximum atomic E-state index is 12.3. The predicted molar refractivity (Wildman–Crippen MR) is 79.4 cm³/mol. The topological polar surface area (TPSA) is 78.9 Å². The molecule has 1 saturated heterocycles. The minimum Gasteiger partial charge on any atom is -0.479 e. The molecule has 2 atom stereocenters. The third-order valence-corrected chi connectivity index (χ3v) is 4.38. The summed E-state index contributed by atoms with van der Waals surface area (Å²) in [5.74, 6) is -0.782. The lowest BCUT2D eigenvalue weighted by atomic mass is 10.0. The van der Waals surface area contributed by atoms with Gasteiger partial charge >= 0.3 is 12.0 Å². The highest BCUT2D eigenvalue weighted by molar-refractivity contribution is 7.10. The van der Waals surface area contributed by atoms with Crippen LogP contribution in [0.25, 0.3) is 0 Å². The van der Waals surface area contributed by atoms with E-state index in [0.29, 0.717) is 6.54 Å². The first kappa shape index (κ1) is 15.8. The smallest absolute Gasteiger partial charge is 0.334 e. The summed E-state index contributed by atoms with van der Waals surface area (Å²) in [6.45, 7) is 4.82. The van der Waals surface area contributed by atoms with Gasteiger partial charge in [0, 0.05) is 11.4 Å². The van der Waals surface area contributed by atoms with E-state index in [1.54, 1.807) is 11.3 Å². The van der Waals surface area contributed by atoms with E-state index in [2.05, 4.69) is 5.32 Å². The van der Waals surface area contributed by atoms with Crippen LogP contribution in [0.2, 0.25) is 0 Å². The Balaban J connectivity index is 2.00. The highest BCUT2D eigenvalue weighted by atomic mass is 32.1. The molecule has 0 saturated carbocycles. The Morgan fingerprint density at radius 2 is 2.29 bits per heavy atom. The van der Waals surface area contributed by atoms with E-state index in [-0.39, 0.29) is 31.1 Å². The molecular weight excluding hydrogens is 292 g/mol. The number of morpholine rings is 1. The highest BCUT2D eigenvalue weighted by Crippen LogP contribution is 2.26. The normalized spacial score (nSPS) is 20.3. The number of carboxylic acid groups (broad SMARTS) is 1. The van der Waals surface area contributed by atoms with Gasteiger partial charge in [0.1, 0.15) is 0 Å². The number of carbonyl (C=O) groups excluding carboxylic acids is 1. The first-order valence-electron chi connectivity index (χ1n) is 6.92. The summed E-state index contributed by atoms with van der Waals surface area (Å²) >= 11 is 1.60. The summed E-state index contributed by atoms with van der Waals surface area (Å²) in [5.41, 5.74) is 0. The summed E-state index contributed by atoms with van der Waals surface area (Å²) in [4.78, 5) is 25.9. The molecule has 7 heteroatoms. The Morgan fingerprint density at radius 3 is 2.86 bits per heavy atom. The Labute approximate surface area is 127 Å². The fraction of sp³-hybridized carbons (Fsp3) is 0.571. The van der Waals surface area contributed by atoms with Crippen molar-refractivity contribution < 1.29 is 19.4 Å². The molecule has 2 N–H and O–H groups in total. The van der Waals surface area contributed by atoms with Gasteiger partial charge in [-0.1, -0.05) is 19.9 Å². The van der Waals surface area contributed by atoms with Gasteiger partial charge in [0.2, 0.25) is 0 Å². The van der Waals surface area contributed by atoms with Crippen LogP contribution >= 0.6 is 11.3 Å². The van der Waals surface area contributed by atoms with Crippen LogP contribution in [0.15, 0.2) is 17.5 Å². The summed E-state index contributed by atoms with van der Waals surface area (Å²) < 4.78 is 5.13. The number of nitrogens with zero attached hydrogens (tertiary/aromatic N) is 1. The molecule has 6 nitrogen and oxygen atoms in total. The Morgan fingerprint density at radius 1 is 1.52 bits per heavy atom. The molecule has 1 aliphatic heterocycles. The molecule has 2 heterocycles. The average Bonchev–Trinajstić information content (AvgIpc) is 2.98. The van der Waals surface area contributed by atoms with E-state index in [4.69, 9.17) is 9.84 Å². The monoisotopic (exact) mass is 312 g/mol. The number of thiophene rings is 1. The minimum absolute atomic E-state index is 0.0661. The quantitative estimate of drug-likeness (QED) is 0.890. The standard InChI is InChI=1S/C14H20N2O4S/c1-9(2)12(11-4-3-7-21-11)15-14(19)16-5-6-20-10(8-16)13(17)18/h3-4,7,9-10,12H,5-6,8H2,1-2H3,(H,15,19)(H,17,18). The number of hydrogen-bond acceptors (Lipinski definition) is 4. The Hall–Kier alpha value is -1.60. The summed E-state index contributed by atoms with van der Waals surface area (Å²) in [6.07, 6.45) is -0.941. The third kappa shape index (κ3) is 3.95. The molecule has 0 bridgehead atoms. The largest absolute Gasteiger partial charge is 0.479 e. The maximum Gasteiger partial charge on any atom is 0.334 e. The van der Waals surface area contributed by atoms with Gasteiger partial charge in [0.05, 0.1) is 19.2 Å². The van der Waals surface area contributed by atoms with Gasteiger partial charge in [-0.05, 0) is 17.4 Å². The molecule has 0 aromatic carbocycles. The second kappa shape index (κ2) is 6.91. The van der Waals surface area contributed by atoms with Crippen LogP contribution in [0.3, 0.4) is 0 Å². The van der Waals surface area contributed by atoms with Crippen LogP contribution in [-0.2, 0) is 9.53 Å². The first-order valence-corrected chi connectivity index (χ1v) is 7.80. The SMILES string of the molecule is CC(C)C(NC(=O)N1CCOC(C(=O)O)C1)c1cccs1. The van der Waals surface area contributed by atoms with Gasteiger partial charge < -0.3 is 20.1 Å². The van der Waals surface area contributed by atoms with E-state index in [1.807, 2.05) is 31.4 Å². The lowest BCUT2D eigenvalue weighted by Crippen LogP contribution is -2.52. The van der Waals surface area contributed by atoms with Crippen molar-refractivity contribution in [2.75, 3.05) is 19.7 Å². The van der Waals surface area contributed by atoms with Crippen molar-refractivity contribution in [1.29, 1.82) is 0 Å². The first-order chi connectivity index (χ1) is 9.99. The molecule has 2 amide bonds. The zero-order chi connectivity index (χ0) is 15.4.